The molecule has 0 atom stereocenters. The summed E-state index contributed by atoms with van der Waals surface area (Å²) in [4.78, 5) is 0.425. The van der Waals surface area contributed by atoms with Crippen LogP contribution in [-0.2, 0) is 19.7 Å². The zero-order chi connectivity index (χ0) is 27.2. The van der Waals surface area contributed by atoms with Gasteiger partial charge in [0.2, 0.25) is 0 Å². The molecule has 4 aromatic carbocycles. The van der Waals surface area contributed by atoms with Crippen LogP contribution in [0.4, 0.5) is 0 Å². The minimum Gasteiger partial charge on any atom is -0.496 e. The molecule has 0 aliphatic rings. The van der Waals surface area contributed by atoms with E-state index in [2.05, 4.69) is 0 Å². The van der Waals surface area contributed by atoms with Crippen molar-refractivity contribution in [3.05, 3.63) is 119 Å². The second kappa shape index (κ2) is 11.5. The lowest BCUT2D eigenvalue weighted by molar-refractivity contribution is 0.413. The van der Waals surface area contributed by atoms with E-state index in [1.54, 1.807) is 84.9 Å². The summed E-state index contributed by atoms with van der Waals surface area (Å²) in [5.74, 6) is 0.998. The lowest BCUT2D eigenvalue weighted by atomic mass is 10.0. The molecule has 0 saturated carbocycles. The van der Waals surface area contributed by atoms with Gasteiger partial charge in [0.15, 0.2) is 19.7 Å². The van der Waals surface area contributed by atoms with Crippen molar-refractivity contribution < 1.29 is 26.3 Å². The summed E-state index contributed by atoms with van der Waals surface area (Å²) in [6, 6.07) is 27.3. The Morgan fingerprint density at radius 1 is 0.526 bits per heavy atom. The summed E-state index contributed by atoms with van der Waals surface area (Å²) in [5.41, 5.74) is 2.84. The Labute approximate surface area is 223 Å². The zero-order valence-electron chi connectivity index (χ0n) is 20.8. The normalized spacial score (nSPS) is 12.2. The largest absolute Gasteiger partial charge is 0.496 e. The first-order chi connectivity index (χ1) is 18.2. The molecule has 6 nitrogen and oxygen atoms in total. The molecule has 0 heterocycles. The number of benzene rings is 4. The molecular weight excluding hydrogens is 520 g/mol. The molecule has 0 radical (unpaired) electrons. The smallest absolute Gasteiger partial charge is 0.199 e. The quantitative estimate of drug-likeness (QED) is 0.246. The van der Waals surface area contributed by atoms with E-state index in [9.17, 15) is 16.8 Å². The topological polar surface area (TPSA) is 86.7 Å². The van der Waals surface area contributed by atoms with Crippen molar-refractivity contribution >= 4 is 31.8 Å². The molecule has 0 aliphatic heterocycles. The van der Waals surface area contributed by atoms with E-state index >= 15 is 0 Å². The van der Waals surface area contributed by atoms with E-state index in [-0.39, 0.29) is 9.79 Å². The standard InChI is InChI=1S/C30H26O6S2/c1-35-29-21-25(15-13-23(29)17-19-37(31,32)27-9-5-3-6-10-27)26-16-14-24(30(22-26)36-2)18-20-38(33,34)28-11-7-4-8-12-28/h3-22H,1-2H3/b19-17+,20-18+. The van der Waals surface area contributed by atoms with E-state index in [1.165, 1.54) is 26.4 Å². The predicted molar refractivity (Wildman–Crippen MR) is 150 cm³/mol. The Morgan fingerprint density at radius 2 is 0.895 bits per heavy atom. The summed E-state index contributed by atoms with van der Waals surface area (Å²) in [7, 11) is -4.16. The highest BCUT2D eigenvalue weighted by atomic mass is 32.2. The monoisotopic (exact) mass is 546 g/mol. The van der Waals surface area contributed by atoms with E-state index in [0.717, 1.165) is 21.9 Å². The summed E-state index contributed by atoms with van der Waals surface area (Å²) < 4.78 is 61.5. The van der Waals surface area contributed by atoms with Crippen molar-refractivity contribution in [1.82, 2.24) is 0 Å². The zero-order valence-corrected chi connectivity index (χ0v) is 22.4. The highest BCUT2D eigenvalue weighted by Gasteiger charge is 2.13. The molecule has 0 N–H and O–H groups in total. The number of ether oxygens (including phenoxy) is 2. The number of hydrogen-bond donors (Lipinski definition) is 0. The van der Waals surface area contributed by atoms with Crippen molar-refractivity contribution in [3.8, 4) is 22.6 Å². The van der Waals surface area contributed by atoms with Gasteiger partial charge in [0.25, 0.3) is 0 Å². The van der Waals surface area contributed by atoms with Crippen molar-refractivity contribution in [2.24, 2.45) is 0 Å². The van der Waals surface area contributed by atoms with Crippen molar-refractivity contribution in [2.75, 3.05) is 14.2 Å². The SMILES string of the molecule is COc1cc(-c2ccc(/C=C/S(=O)(=O)c3ccccc3)c(OC)c2)ccc1/C=C/S(=O)(=O)c1ccccc1. The maximum atomic E-state index is 12.6. The molecule has 0 saturated heterocycles. The third kappa shape index (κ3) is 6.22. The Kier molecular flexibility index (Phi) is 8.14. The van der Waals surface area contributed by atoms with Gasteiger partial charge in [-0.25, -0.2) is 16.8 Å². The molecule has 0 amide bonds. The van der Waals surface area contributed by atoms with Gasteiger partial charge >= 0.3 is 0 Å². The molecule has 0 spiro atoms. The molecule has 4 aromatic rings. The van der Waals surface area contributed by atoms with Gasteiger partial charge in [-0.3, -0.25) is 0 Å². The molecule has 194 valence electrons. The van der Waals surface area contributed by atoms with Crippen LogP contribution in [0, 0.1) is 0 Å². The third-order valence-electron chi connectivity index (χ3n) is 5.80. The van der Waals surface area contributed by atoms with Gasteiger partial charge in [0, 0.05) is 21.9 Å². The van der Waals surface area contributed by atoms with Crippen LogP contribution in [0.15, 0.2) is 118 Å². The van der Waals surface area contributed by atoms with Crippen LogP contribution in [0.3, 0.4) is 0 Å². The fourth-order valence-electron chi connectivity index (χ4n) is 3.76. The van der Waals surface area contributed by atoms with Gasteiger partial charge in [-0.2, -0.15) is 0 Å². The molecule has 4 rings (SSSR count). The molecular formula is C30H26O6S2. The average Bonchev–Trinajstić information content (AvgIpc) is 2.95. The lowest BCUT2D eigenvalue weighted by Gasteiger charge is -2.11. The minimum absolute atomic E-state index is 0.213. The molecule has 0 aromatic heterocycles. The van der Waals surface area contributed by atoms with Crippen LogP contribution in [0.5, 0.6) is 11.5 Å². The van der Waals surface area contributed by atoms with E-state index < -0.39 is 19.7 Å². The maximum absolute atomic E-state index is 12.6. The minimum atomic E-state index is -3.60. The van der Waals surface area contributed by atoms with Crippen LogP contribution in [-0.4, -0.2) is 31.1 Å². The predicted octanol–water partition coefficient (Wildman–Crippen LogP) is 6.26. The Bertz CT molecular complexity index is 1560. The summed E-state index contributed by atoms with van der Waals surface area (Å²) in [6.07, 6.45) is 3.01. The van der Waals surface area contributed by atoms with Crippen LogP contribution >= 0.6 is 0 Å². The molecule has 38 heavy (non-hydrogen) atoms. The first-order valence-electron chi connectivity index (χ1n) is 11.6. The summed E-state index contributed by atoms with van der Waals surface area (Å²) in [6.45, 7) is 0. The first-order valence-corrected chi connectivity index (χ1v) is 14.7. The number of rotatable bonds is 9. The number of hydrogen-bond acceptors (Lipinski definition) is 6. The lowest BCUT2D eigenvalue weighted by Crippen LogP contribution is -1.96. The molecule has 0 bridgehead atoms. The highest BCUT2D eigenvalue weighted by Crippen LogP contribution is 2.32. The fraction of sp³-hybridized carbons (Fsp3) is 0.0667. The number of methoxy groups -OCH3 is 2. The average molecular weight is 547 g/mol. The van der Waals surface area contributed by atoms with Gasteiger partial charge < -0.3 is 9.47 Å². The van der Waals surface area contributed by atoms with Gasteiger partial charge in [-0.1, -0.05) is 60.7 Å². The van der Waals surface area contributed by atoms with Gasteiger partial charge in [0.1, 0.15) is 11.5 Å². The Morgan fingerprint density at radius 3 is 1.24 bits per heavy atom. The van der Waals surface area contributed by atoms with Gasteiger partial charge in [-0.05, 0) is 59.7 Å². The van der Waals surface area contributed by atoms with Crippen LogP contribution in [0.1, 0.15) is 11.1 Å². The Balaban J connectivity index is 1.61. The van der Waals surface area contributed by atoms with Crippen molar-refractivity contribution in [3.63, 3.8) is 0 Å². The second-order valence-corrected chi connectivity index (χ2v) is 11.9. The van der Waals surface area contributed by atoms with Crippen molar-refractivity contribution in [2.45, 2.75) is 9.79 Å². The summed E-state index contributed by atoms with van der Waals surface area (Å²) >= 11 is 0. The van der Waals surface area contributed by atoms with Crippen molar-refractivity contribution in [1.29, 1.82) is 0 Å². The molecule has 0 unspecified atom stereocenters. The molecule has 0 fully saturated rings. The molecule has 8 heteroatoms. The summed E-state index contributed by atoms with van der Waals surface area (Å²) in [5, 5.41) is 2.32. The van der Waals surface area contributed by atoms with Crippen LogP contribution in [0.25, 0.3) is 23.3 Å². The number of sulfone groups is 2. The third-order valence-corrected chi connectivity index (χ3v) is 8.64. The fourth-order valence-corrected chi connectivity index (χ4v) is 5.80. The van der Waals surface area contributed by atoms with E-state index in [0.29, 0.717) is 22.6 Å². The Hall–Kier alpha value is -4.14. The van der Waals surface area contributed by atoms with E-state index in [1.807, 2.05) is 12.1 Å². The van der Waals surface area contributed by atoms with E-state index in [4.69, 9.17) is 9.47 Å². The van der Waals surface area contributed by atoms with Gasteiger partial charge in [-0.15, -0.1) is 0 Å². The highest BCUT2D eigenvalue weighted by molar-refractivity contribution is 7.94. The van der Waals surface area contributed by atoms with Crippen LogP contribution < -0.4 is 9.47 Å². The van der Waals surface area contributed by atoms with Gasteiger partial charge in [0.05, 0.1) is 24.0 Å². The first kappa shape index (κ1) is 26.9. The van der Waals surface area contributed by atoms with Crippen LogP contribution in [0.2, 0.25) is 0 Å². The molecule has 0 aliphatic carbocycles. The maximum Gasteiger partial charge on any atom is 0.199 e. The second-order valence-electron chi connectivity index (χ2n) is 8.24.